The van der Waals surface area contributed by atoms with Crippen LogP contribution < -0.4 is 10.2 Å². The number of hydrogen-bond donors (Lipinski definition) is 2. The van der Waals surface area contributed by atoms with Crippen LogP contribution in [0.1, 0.15) is 44.7 Å². The lowest BCUT2D eigenvalue weighted by Gasteiger charge is -2.30. The van der Waals surface area contributed by atoms with Crippen molar-refractivity contribution in [3.05, 3.63) is 30.5 Å². The number of H-pyrrole nitrogens is 1. The molecule has 2 aromatic heterocycles. The van der Waals surface area contributed by atoms with E-state index in [9.17, 15) is 4.39 Å². The van der Waals surface area contributed by atoms with Crippen LogP contribution in [0.3, 0.4) is 0 Å². The Hall–Kier alpha value is -2.44. The first kappa shape index (κ1) is 17.4. The Bertz CT molecular complexity index is 707. The number of aromatic nitrogens is 4. The molecule has 0 radical (unpaired) electrons. The molecule has 0 bridgehead atoms. The van der Waals surface area contributed by atoms with Crippen LogP contribution in [0.2, 0.25) is 0 Å². The summed E-state index contributed by atoms with van der Waals surface area (Å²) in [6.07, 6.45) is 9.87. The lowest BCUT2D eigenvalue weighted by atomic mass is 9.89. The van der Waals surface area contributed by atoms with E-state index in [0.29, 0.717) is 17.6 Å². The molecule has 0 atom stereocenters. The monoisotopic (exact) mass is 344 g/mol. The second-order valence-electron chi connectivity index (χ2n) is 6.44. The van der Waals surface area contributed by atoms with Crippen LogP contribution in [0, 0.1) is 11.9 Å². The van der Waals surface area contributed by atoms with Gasteiger partial charge in [-0.05, 0) is 31.8 Å². The Morgan fingerprint density at radius 3 is 2.80 bits per heavy atom. The minimum Gasteiger partial charge on any atom is -0.355 e. The van der Waals surface area contributed by atoms with E-state index < -0.39 is 5.95 Å². The number of hydrogen-bond acceptors (Lipinski definition) is 5. The Kier molecular flexibility index (Phi) is 5.63. The average molecular weight is 344 g/mol. The number of aromatic amines is 1. The number of nitrogens with zero attached hydrogens (tertiary/aromatic N) is 4. The zero-order valence-electron chi connectivity index (χ0n) is 14.6. The Morgan fingerprint density at radius 1 is 1.36 bits per heavy atom. The first-order valence-electron chi connectivity index (χ1n) is 8.92. The zero-order chi connectivity index (χ0) is 17.6. The molecule has 0 aromatic carbocycles. The molecule has 1 saturated carbocycles. The second kappa shape index (κ2) is 8.09. The van der Waals surface area contributed by atoms with E-state index in [1.807, 2.05) is 0 Å². The van der Waals surface area contributed by atoms with E-state index in [0.717, 1.165) is 24.6 Å². The van der Waals surface area contributed by atoms with E-state index in [4.69, 9.17) is 0 Å². The van der Waals surface area contributed by atoms with Gasteiger partial charge < -0.3 is 10.2 Å². The van der Waals surface area contributed by atoms with Crippen molar-refractivity contribution in [1.29, 1.82) is 0 Å². The molecular weight excluding hydrogens is 319 g/mol. The third-order valence-electron chi connectivity index (χ3n) is 4.66. The average Bonchev–Trinajstić information content (AvgIpc) is 3.05. The molecule has 0 amide bonds. The summed E-state index contributed by atoms with van der Waals surface area (Å²) in [4.78, 5) is 11.4. The molecule has 1 aliphatic carbocycles. The predicted octanol–water partition coefficient (Wildman–Crippen LogP) is 4.13. The fourth-order valence-corrected chi connectivity index (χ4v) is 3.37. The van der Waals surface area contributed by atoms with Gasteiger partial charge in [-0.1, -0.05) is 25.8 Å². The van der Waals surface area contributed by atoms with Gasteiger partial charge in [0.1, 0.15) is 5.69 Å². The smallest absolute Gasteiger partial charge is 0.211 e. The highest BCUT2D eigenvalue weighted by atomic mass is 19.1. The van der Waals surface area contributed by atoms with Crippen LogP contribution in [0.15, 0.2) is 18.8 Å². The minimum absolute atomic E-state index is 0.374. The zero-order valence-corrected chi connectivity index (χ0v) is 14.6. The molecule has 0 unspecified atom stereocenters. The summed E-state index contributed by atoms with van der Waals surface area (Å²) in [7, 11) is 0. The normalized spacial score (nSPS) is 15.1. The summed E-state index contributed by atoms with van der Waals surface area (Å²) < 4.78 is 13.1. The highest BCUT2D eigenvalue weighted by molar-refractivity contribution is 5.63. The standard InChI is InChI=1S/C18H25FN6/c1-3-14-18(25(4-2)12-13-8-6-5-7-9-13)22-17(11-20-14)21-16-10-15(19)23-24-16/h3,10-11,13H,1,4-9,12H2,2H3,(H2,21,22,23,24). The highest BCUT2D eigenvalue weighted by Crippen LogP contribution is 2.28. The number of nitrogens with one attached hydrogen (secondary N) is 2. The number of anilines is 3. The second-order valence-corrected chi connectivity index (χ2v) is 6.44. The van der Waals surface area contributed by atoms with E-state index in [-0.39, 0.29) is 0 Å². The molecule has 25 heavy (non-hydrogen) atoms. The van der Waals surface area contributed by atoms with Crippen LogP contribution in [0.25, 0.3) is 6.08 Å². The molecule has 2 N–H and O–H groups in total. The molecule has 1 aliphatic rings. The van der Waals surface area contributed by atoms with Gasteiger partial charge in [-0.3, -0.25) is 5.10 Å². The summed E-state index contributed by atoms with van der Waals surface area (Å²) in [5.41, 5.74) is 0.761. The molecule has 3 rings (SSSR count). The van der Waals surface area contributed by atoms with Gasteiger partial charge in [-0.25, -0.2) is 9.97 Å². The summed E-state index contributed by atoms with van der Waals surface area (Å²) >= 11 is 0. The lowest BCUT2D eigenvalue weighted by Crippen LogP contribution is -2.32. The van der Waals surface area contributed by atoms with E-state index in [1.165, 1.54) is 38.2 Å². The maximum Gasteiger partial charge on any atom is 0.211 e. The van der Waals surface area contributed by atoms with Gasteiger partial charge in [0.2, 0.25) is 5.95 Å². The molecule has 1 fully saturated rings. The maximum atomic E-state index is 13.1. The van der Waals surface area contributed by atoms with Gasteiger partial charge in [0, 0.05) is 19.2 Å². The SMILES string of the molecule is C=Cc1ncc(Nc2cc(F)[nH]n2)nc1N(CC)CC1CCCCC1. The molecule has 0 spiro atoms. The summed E-state index contributed by atoms with van der Waals surface area (Å²) in [6.45, 7) is 7.81. The lowest BCUT2D eigenvalue weighted by molar-refractivity contribution is 0.358. The van der Waals surface area contributed by atoms with E-state index in [1.54, 1.807) is 12.3 Å². The number of rotatable bonds is 7. The summed E-state index contributed by atoms with van der Waals surface area (Å²) in [5, 5.41) is 9.07. The maximum absolute atomic E-state index is 13.1. The quantitative estimate of drug-likeness (QED) is 0.790. The summed E-state index contributed by atoms with van der Waals surface area (Å²) in [5.74, 6) is 1.92. The van der Waals surface area contributed by atoms with Crippen molar-refractivity contribution >= 4 is 23.5 Å². The van der Waals surface area contributed by atoms with Crippen molar-refractivity contribution in [3.8, 4) is 0 Å². The van der Waals surface area contributed by atoms with Gasteiger partial charge in [0.05, 0.1) is 6.20 Å². The third kappa shape index (κ3) is 4.35. The molecule has 134 valence electrons. The van der Waals surface area contributed by atoms with E-state index in [2.05, 4.69) is 43.9 Å². The van der Waals surface area contributed by atoms with Crippen LogP contribution >= 0.6 is 0 Å². The van der Waals surface area contributed by atoms with Gasteiger partial charge in [-0.2, -0.15) is 9.49 Å². The summed E-state index contributed by atoms with van der Waals surface area (Å²) in [6, 6.07) is 1.28. The fraction of sp³-hybridized carbons (Fsp3) is 0.500. The van der Waals surface area contributed by atoms with Crippen molar-refractivity contribution in [2.75, 3.05) is 23.3 Å². The van der Waals surface area contributed by atoms with Gasteiger partial charge in [0.25, 0.3) is 0 Å². The van der Waals surface area contributed by atoms with Crippen molar-refractivity contribution in [1.82, 2.24) is 20.2 Å². The van der Waals surface area contributed by atoms with Crippen molar-refractivity contribution < 1.29 is 4.39 Å². The first-order valence-corrected chi connectivity index (χ1v) is 8.92. The van der Waals surface area contributed by atoms with Gasteiger partial charge >= 0.3 is 0 Å². The fourth-order valence-electron chi connectivity index (χ4n) is 3.37. The molecule has 0 saturated heterocycles. The van der Waals surface area contributed by atoms with Crippen molar-refractivity contribution in [2.24, 2.45) is 5.92 Å². The Labute approximate surface area is 147 Å². The largest absolute Gasteiger partial charge is 0.355 e. The molecule has 2 heterocycles. The molecule has 2 aromatic rings. The van der Waals surface area contributed by atoms with Crippen LogP contribution in [-0.4, -0.2) is 33.3 Å². The Balaban J connectivity index is 1.80. The van der Waals surface area contributed by atoms with Crippen molar-refractivity contribution in [3.63, 3.8) is 0 Å². The first-order chi connectivity index (χ1) is 12.2. The van der Waals surface area contributed by atoms with Gasteiger partial charge in [-0.15, -0.1) is 0 Å². The molecule has 7 heteroatoms. The molecular formula is C18H25FN6. The minimum atomic E-state index is -0.495. The van der Waals surface area contributed by atoms with Crippen LogP contribution in [0.4, 0.5) is 21.8 Å². The van der Waals surface area contributed by atoms with Gasteiger partial charge in [0.15, 0.2) is 17.5 Å². The Morgan fingerprint density at radius 2 is 2.16 bits per heavy atom. The molecule has 0 aliphatic heterocycles. The van der Waals surface area contributed by atoms with Crippen molar-refractivity contribution in [2.45, 2.75) is 39.0 Å². The number of halogens is 1. The third-order valence-corrected chi connectivity index (χ3v) is 4.66. The van der Waals surface area contributed by atoms with Crippen LogP contribution in [0.5, 0.6) is 0 Å². The van der Waals surface area contributed by atoms with Crippen LogP contribution in [-0.2, 0) is 0 Å². The highest BCUT2D eigenvalue weighted by Gasteiger charge is 2.20. The molecule has 6 nitrogen and oxygen atoms in total. The predicted molar refractivity (Wildman–Crippen MR) is 98.4 cm³/mol. The van der Waals surface area contributed by atoms with E-state index >= 15 is 0 Å². The topological polar surface area (TPSA) is 69.7 Å².